The fourth-order valence-electron chi connectivity index (χ4n) is 4.54. The third kappa shape index (κ3) is 7.20. The maximum atomic E-state index is 13.4. The van der Waals surface area contributed by atoms with Gasteiger partial charge in [-0.25, -0.2) is 0 Å². The monoisotopic (exact) mass is 566 g/mol. The molecule has 1 heterocycles. The van der Waals surface area contributed by atoms with E-state index in [2.05, 4.69) is 34.5 Å². The van der Waals surface area contributed by atoms with Crippen molar-refractivity contribution in [3.8, 4) is 17.1 Å². The maximum absolute atomic E-state index is 13.4. The average Bonchev–Trinajstić information content (AvgIpc) is 3.42. The lowest BCUT2D eigenvalue weighted by Crippen LogP contribution is -2.32. The molecule has 0 unspecified atom stereocenters. The largest absolute Gasteiger partial charge is 0.338 e. The van der Waals surface area contributed by atoms with Crippen LogP contribution in [0.1, 0.15) is 24.0 Å². The Balaban J connectivity index is 1.25. The number of para-hydroxylation sites is 1. The Labute approximate surface area is 244 Å². The molecule has 40 heavy (non-hydrogen) atoms. The summed E-state index contributed by atoms with van der Waals surface area (Å²) in [5.41, 5.74) is 4.17. The summed E-state index contributed by atoms with van der Waals surface area (Å²) in [7, 11) is 0. The second-order valence-electron chi connectivity index (χ2n) is 9.45. The van der Waals surface area contributed by atoms with Gasteiger partial charge in [-0.2, -0.15) is 0 Å². The molecule has 7 heteroatoms. The molecule has 4 aromatic carbocycles. The van der Waals surface area contributed by atoms with Crippen LogP contribution in [0, 0.1) is 0 Å². The van der Waals surface area contributed by atoms with Crippen LogP contribution in [0.15, 0.2) is 120 Å². The van der Waals surface area contributed by atoms with Gasteiger partial charge in [0.1, 0.15) is 0 Å². The number of amides is 1. The number of hydrogen-bond acceptors (Lipinski definition) is 4. The Morgan fingerprint density at radius 2 is 1.40 bits per heavy atom. The summed E-state index contributed by atoms with van der Waals surface area (Å²) < 4.78 is 2.04. The molecule has 0 aliphatic rings. The maximum Gasteiger partial charge on any atom is 0.222 e. The van der Waals surface area contributed by atoms with Crippen molar-refractivity contribution in [3.05, 3.63) is 131 Å². The predicted molar refractivity (Wildman–Crippen MR) is 164 cm³/mol. The van der Waals surface area contributed by atoms with E-state index < -0.39 is 0 Å². The molecule has 0 radical (unpaired) electrons. The molecule has 1 aromatic heterocycles. The molecule has 0 fully saturated rings. The first-order valence-electron chi connectivity index (χ1n) is 13.4. The summed E-state index contributed by atoms with van der Waals surface area (Å²) in [4.78, 5) is 15.3. The highest BCUT2D eigenvalue weighted by atomic mass is 35.5. The highest BCUT2D eigenvalue weighted by Crippen LogP contribution is 2.32. The molecule has 202 valence electrons. The molecular formula is C33H31ClN4OS. The third-order valence-corrected chi connectivity index (χ3v) is 7.96. The van der Waals surface area contributed by atoms with Gasteiger partial charge in [0.2, 0.25) is 5.91 Å². The van der Waals surface area contributed by atoms with E-state index in [1.165, 1.54) is 5.56 Å². The van der Waals surface area contributed by atoms with Gasteiger partial charge in [0.05, 0.1) is 5.02 Å². The number of carbonyl (C=O) groups is 1. The van der Waals surface area contributed by atoms with Gasteiger partial charge in [0.15, 0.2) is 11.0 Å². The van der Waals surface area contributed by atoms with E-state index in [-0.39, 0.29) is 5.91 Å². The van der Waals surface area contributed by atoms with Gasteiger partial charge in [-0.05, 0) is 48.2 Å². The first-order valence-corrected chi connectivity index (χ1v) is 14.8. The first-order chi connectivity index (χ1) is 19.7. The lowest BCUT2D eigenvalue weighted by atomic mass is 10.1. The van der Waals surface area contributed by atoms with Gasteiger partial charge in [0.25, 0.3) is 0 Å². The smallest absolute Gasteiger partial charge is 0.222 e. The van der Waals surface area contributed by atoms with Crippen LogP contribution < -0.4 is 0 Å². The number of halogens is 1. The van der Waals surface area contributed by atoms with Gasteiger partial charge < -0.3 is 4.90 Å². The molecule has 0 N–H and O–H groups in total. The molecule has 5 nitrogen and oxygen atoms in total. The van der Waals surface area contributed by atoms with Gasteiger partial charge in [-0.15, -0.1) is 10.2 Å². The van der Waals surface area contributed by atoms with Crippen LogP contribution in [0.5, 0.6) is 0 Å². The second kappa shape index (κ2) is 14.0. The van der Waals surface area contributed by atoms with Gasteiger partial charge in [-0.1, -0.05) is 114 Å². The van der Waals surface area contributed by atoms with Gasteiger partial charge in [0, 0.05) is 36.5 Å². The van der Waals surface area contributed by atoms with E-state index >= 15 is 0 Å². The van der Waals surface area contributed by atoms with Crippen molar-refractivity contribution >= 4 is 29.3 Å². The number of carbonyl (C=O) groups excluding carboxylic acids is 1. The summed E-state index contributed by atoms with van der Waals surface area (Å²) in [6.07, 6.45) is 2.05. The lowest BCUT2D eigenvalue weighted by Gasteiger charge is -2.23. The third-order valence-electron chi connectivity index (χ3n) is 6.61. The number of nitrogens with zero attached hydrogens (tertiary/aromatic N) is 4. The molecule has 5 aromatic rings. The number of aromatic nitrogens is 3. The van der Waals surface area contributed by atoms with Crippen molar-refractivity contribution in [2.75, 3.05) is 12.3 Å². The second-order valence-corrected chi connectivity index (χ2v) is 10.9. The minimum absolute atomic E-state index is 0.168. The normalized spacial score (nSPS) is 10.9. The number of rotatable bonds is 12. The fourth-order valence-corrected chi connectivity index (χ4v) is 5.65. The average molecular weight is 567 g/mol. The molecule has 0 saturated heterocycles. The van der Waals surface area contributed by atoms with E-state index in [0.717, 1.165) is 40.6 Å². The molecule has 0 saturated carbocycles. The Morgan fingerprint density at radius 1 is 0.775 bits per heavy atom. The summed E-state index contributed by atoms with van der Waals surface area (Å²) in [5.74, 6) is 1.61. The fraction of sp³-hybridized carbons (Fsp3) is 0.182. The van der Waals surface area contributed by atoms with Crippen molar-refractivity contribution in [2.24, 2.45) is 0 Å². The SMILES string of the molecule is O=C(CCCSc1nnc(-c2ccccc2Cl)n1-c1ccccc1)N(CCc1ccccc1)Cc1ccccc1. The Hall–Kier alpha value is -3.87. The molecule has 0 aliphatic heterocycles. The minimum Gasteiger partial charge on any atom is -0.338 e. The standard InChI is InChI=1S/C33H31ClN4OS/c34-30-20-11-10-19-29(30)32-35-36-33(38(32)28-17-8-3-9-18-28)40-24-12-21-31(39)37(25-27-15-6-2-7-16-27)23-22-26-13-4-1-5-14-26/h1-11,13-20H,12,21-25H2. The van der Waals surface area contributed by atoms with Crippen LogP contribution in [0.2, 0.25) is 5.02 Å². The lowest BCUT2D eigenvalue weighted by molar-refractivity contribution is -0.131. The molecule has 0 aliphatic carbocycles. The van der Waals surface area contributed by atoms with E-state index in [1.807, 2.05) is 100 Å². The number of hydrogen-bond donors (Lipinski definition) is 0. The Morgan fingerprint density at radius 3 is 2.10 bits per heavy atom. The zero-order valence-electron chi connectivity index (χ0n) is 22.2. The van der Waals surface area contributed by atoms with E-state index in [0.29, 0.717) is 30.4 Å². The van der Waals surface area contributed by atoms with Crippen LogP contribution in [0.3, 0.4) is 0 Å². The zero-order chi connectivity index (χ0) is 27.6. The van der Waals surface area contributed by atoms with Crippen LogP contribution >= 0.6 is 23.4 Å². The molecule has 5 rings (SSSR count). The van der Waals surface area contributed by atoms with Crippen LogP contribution in [0.4, 0.5) is 0 Å². The van der Waals surface area contributed by atoms with Crippen LogP contribution in [-0.2, 0) is 17.8 Å². The van der Waals surface area contributed by atoms with Gasteiger partial charge in [-0.3, -0.25) is 9.36 Å². The highest BCUT2D eigenvalue weighted by molar-refractivity contribution is 7.99. The number of thioether (sulfide) groups is 1. The van der Waals surface area contributed by atoms with E-state index in [1.54, 1.807) is 11.8 Å². The predicted octanol–water partition coefficient (Wildman–Crippen LogP) is 7.73. The molecule has 0 spiro atoms. The number of benzene rings is 4. The molecular weight excluding hydrogens is 536 g/mol. The van der Waals surface area contributed by atoms with Crippen molar-refractivity contribution in [1.82, 2.24) is 19.7 Å². The molecule has 0 atom stereocenters. The Kier molecular flexibility index (Phi) is 9.67. The quantitative estimate of drug-likeness (QED) is 0.114. The van der Waals surface area contributed by atoms with Crippen molar-refractivity contribution < 1.29 is 4.79 Å². The minimum atomic E-state index is 0.168. The van der Waals surface area contributed by atoms with Crippen LogP contribution in [-0.4, -0.2) is 37.9 Å². The summed E-state index contributed by atoms with van der Waals surface area (Å²) in [6.45, 7) is 1.30. The summed E-state index contributed by atoms with van der Waals surface area (Å²) in [5, 5.41) is 10.4. The highest BCUT2D eigenvalue weighted by Gasteiger charge is 2.19. The van der Waals surface area contributed by atoms with Crippen molar-refractivity contribution in [2.45, 2.75) is 31.0 Å². The summed E-state index contributed by atoms with van der Waals surface area (Å²) in [6, 6.07) is 38.2. The van der Waals surface area contributed by atoms with Crippen molar-refractivity contribution in [1.29, 1.82) is 0 Å². The Bertz CT molecular complexity index is 1510. The molecule has 1 amide bonds. The topological polar surface area (TPSA) is 51.0 Å². The van der Waals surface area contributed by atoms with E-state index in [4.69, 9.17) is 11.6 Å². The summed E-state index contributed by atoms with van der Waals surface area (Å²) >= 11 is 8.12. The molecule has 0 bridgehead atoms. The van der Waals surface area contributed by atoms with Gasteiger partial charge >= 0.3 is 0 Å². The van der Waals surface area contributed by atoms with Crippen LogP contribution in [0.25, 0.3) is 17.1 Å². The van der Waals surface area contributed by atoms with Crippen molar-refractivity contribution in [3.63, 3.8) is 0 Å². The zero-order valence-corrected chi connectivity index (χ0v) is 23.8. The first kappa shape index (κ1) is 27.7. The van der Waals surface area contributed by atoms with E-state index in [9.17, 15) is 4.79 Å².